The molecule has 158 valence electrons. The number of halogens is 2. The number of ether oxygens (including phenoxy) is 1. The highest BCUT2D eigenvalue weighted by molar-refractivity contribution is 14.1. The van der Waals surface area contributed by atoms with E-state index in [9.17, 15) is 9.59 Å². The third kappa shape index (κ3) is 5.08. The molecule has 3 aromatic rings. The maximum absolute atomic E-state index is 13.5. The number of ketones is 1. The molecule has 0 atom stereocenters. The molecule has 0 spiro atoms. The standard InChI is InChI=1S/C22H22I2N2O4/c1-2-8-29-13-6-7-14-18(11-13)30-17(4-3-5-19(25)27)20(14)22(28)12-9-15(23)21(26)16(24)10-12/h6-7,9-11H,2-5,8,26H2,1H3,(H2,25,27). The molecule has 0 saturated heterocycles. The molecule has 0 fully saturated rings. The van der Waals surface area contributed by atoms with E-state index >= 15 is 0 Å². The van der Waals surface area contributed by atoms with Gasteiger partial charge in [-0.05, 0) is 82.3 Å². The number of benzene rings is 2. The van der Waals surface area contributed by atoms with Gasteiger partial charge in [-0.15, -0.1) is 0 Å². The zero-order valence-electron chi connectivity index (χ0n) is 16.5. The van der Waals surface area contributed by atoms with Crippen LogP contribution in [-0.4, -0.2) is 18.3 Å². The maximum atomic E-state index is 13.5. The van der Waals surface area contributed by atoms with Crippen LogP contribution in [0.3, 0.4) is 0 Å². The number of primary amides is 1. The number of furan rings is 1. The Morgan fingerprint density at radius 1 is 1.13 bits per heavy atom. The zero-order valence-corrected chi connectivity index (χ0v) is 20.8. The van der Waals surface area contributed by atoms with E-state index in [4.69, 9.17) is 20.6 Å². The van der Waals surface area contributed by atoms with Gasteiger partial charge in [0, 0.05) is 37.0 Å². The number of carbonyl (C=O) groups is 2. The molecule has 4 N–H and O–H groups in total. The summed E-state index contributed by atoms with van der Waals surface area (Å²) in [4.78, 5) is 24.6. The topological polar surface area (TPSA) is 109 Å². The molecule has 1 heterocycles. The quantitative estimate of drug-likeness (QED) is 0.195. The van der Waals surface area contributed by atoms with Crippen LogP contribution >= 0.6 is 45.2 Å². The summed E-state index contributed by atoms with van der Waals surface area (Å²) >= 11 is 4.25. The maximum Gasteiger partial charge on any atom is 0.217 e. The van der Waals surface area contributed by atoms with Crippen LogP contribution in [0.1, 0.15) is 47.9 Å². The minimum atomic E-state index is -0.378. The first kappa shape index (κ1) is 22.9. The van der Waals surface area contributed by atoms with Gasteiger partial charge in [-0.25, -0.2) is 0 Å². The number of anilines is 1. The Balaban J connectivity index is 2.07. The number of nitrogen functional groups attached to an aromatic ring is 1. The van der Waals surface area contributed by atoms with Crippen LogP contribution in [-0.2, 0) is 11.2 Å². The van der Waals surface area contributed by atoms with Crippen molar-refractivity contribution in [2.24, 2.45) is 5.73 Å². The summed E-state index contributed by atoms with van der Waals surface area (Å²) < 4.78 is 13.4. The van der Waals surface area contributed by atoms with Crippen molar-refractivity contribution in [3.8, 4) is 5.75 Å². The number of nitrogens with two attached hydrogens (primary N) is 2. The Morgan fingerprint density at radius 2 is 1.83 bits per heavy atom. The van der Waals surface area contributed by atoms with Crippen LogP contribution < -0.4 is 16.2 Å². The third-order valence-corrected chi connectivity index (χ3v) is 6.39. The summed E-state index contributed by atoms with van der Waals surface area (Å²) in [6, 6.07) is 9.06. The fourth-order valence-electron chi connectivity index (χ4n) is 3.15. The van der Waals surface area contributed by atoms with Gasteiger partial charge in [-0.1, -0.05) is 6.92 Å². The molecule has 0 radical (unpaired) electrons. The van der Waals surface area contributed by atoms with Crippen molar-refractivity contribution in [3.05, 3.63) is 54.4 Å². The minimum Gasteiger partial charge on any atom is -0.493 e. The molecule has 6 nitrogen and oxygen atoms in total. The van der Waals surface area contributed by atoms with Gasteiger partial charge in [-0.3, -0.25) is 9.59 Å². The highest BCUT2D eigenvalue weighted by Crippen LogP contribution is 2.33. The molecule has 30 heavy (non-hydrogen) atoms. The van der Waals surface area contributed by atoms with Crippen LogP contribution in [0.25, 0.3) is 11.0 Å². The normalized spacial score (nSPS) is 11.0. The summed E-state index contributed by atoms with van der Waals surface area (Å²) in [6.07, 6.45) is 2.07. The minimum absolute atomic E-state index is 0.138. The van der Waals surface area contributed by atoms with Gasteiger partial charge in [0.25, 0.3) is 0 Å². The van der Waals surface area contributed by atoms with Gasteiger partial charge < -0.3 is 20.6 Å². The van der Waals surface area contributed by atoms with Crippen molar-refractivity contribution in [3.63, 3.8) is 0 Å². The summed E-state index contributed by atoms with van der Waals surface area (Å²) in [5.74, 6) is 0.723. The monoisotopic (exact) mass is 632 g/mol. The molecule has 0 aliphatic carbocycles. The Morgan fingerprint density at radius 3 is 2.47 bits per heavy atom. The lowest BCUT2D eigenvalue weighted by atomic mass is 9.98. The Hall–Kier alpha value is -1.82. The van der Waals surface area contributed by atoms with Gasteiger partial charge in [-0.2, -0.15) is 0 Å². The lowest BCUT2D eigenvalue weighted by molar-refractivity contribution is -0.118. The van der Waals surface area contributed by atoms with Crippen LogP contribution in [0.4, 0.5) is 5.69 Å². The number of rotatable bonds is 9. The summed E-state index contributed by atoms with van der Waals surface area (Å²) in [5, 5.41) is 0.722. The van der Waals surface area contributed by atoms with Crippen LogP contribution in [0.2, 0.25) is 0 Å². The Kier molecular flexibility index (Phi) is 7.61. The number of hydrogen-bond acceptors (Lipinski definition) is 5. The van der Waals surface area contributed by atoms with Crippen LogP contribution in [0.5, 0.6) is 5.75 Å². The van der Waals surface area contributed by atoms with Crippen molar-refractivity contribution in [2.45, 2.75) is 32.6 Å². The fourth-order valence-corrected chi connectivity index (χ4v) is 4.91. The predicted molar refractivity (Wildman–Crippen MR) is 134 cm³/mol. The Bertz CT molecular complexity index is 1080. The van der Waals surface area contributed by atoms with Crippen molar-refractivity contribution >= 4 is 73.5 Å². The fraction of sp³-hybridized carbons (Fsp3) is 0.273. The lowest BCUT2D eigenvalue weighted by Crippen LogP contribution is -2.11. The van der Waals surface area contributed by atoms with E-state index in [1.54, 1.807) is 18.2 Å². The lowest BCUT2D eigenvalue weighted by Gasteiger charge is -2.07. The average molecular weight is 632 g/mol. The average Bonchev–Trinajstić information content (AvgIpc) is 3.06. The SMILES string of the molecule is CCCOc1ccc2c(C(=O)c3cc(I)c(N)c(I)c3)c(CCCC(N)=O)oc2c1. The largest absolute Gasteiger partial charge is 0.493 e. The molecule has 1 amide bonds. The molecule has 1 aromatic heterocycles. The van der Waals surface area contributed by atoms with Crippen molar-refractivity contribution < 1.29 is 18.7 Å². The molecule has 0 bridgehead atoms. The third-order valence-electron chi connectivity index (χ3n) is 4.60. The highest BCUT2D eigenvalue weighted by atomic mass is 127. The summed E-state index contributed by atoms with van der Waals surface area (Å²) in [5.41, 5.74) is 13.6. The van der Waals surface area contributed by atoms with Gasteiger partial charge >= 0.3 is 0 Å². The van der Waals surface area contributed by atoms with Gasteiger partial charge in [0.05, 0.1) is 17.9 Å². The Labute approximate surface area is 202 Å². The van der Waals surface area contributed by atoms with Crippen molar-refractivity contribution in [1.29, 1.82) is 0 Å². The second kappa shape index (κ2) is 9.99. The highest BCUT2D eigenvalue weighted by Gasteiger charge is 2.23. The molecular formula is C22H22I2N2O4. The van der Waals surface area contributed by atoms with Gasteiger partial charge in [0.1, 0.15) is 17.1 Å². The molecule has 3 rings (SSSR count). The molecule has 0 aliphatic rings. The predicted octanol–water partition coefficient (Wildman–Crippen LogP) is 5.05. The molecule has 0 unspecified atom stereocenters. The van der Waals surface area contributed by atoms with Gasteiger partial charge in [0.15, 0.2) is 5.78 Å². The first-order valence-electron chi connectivity index (χ1n) is 9.57. The van der Waals surface area contributed by atoms with Gasteiger partial charge in [0.2, 0.25) is 5.91 Å². The van der Waals surface area contributed by atoms with E-state index in [1.165, 1.54) is 0 Å². The second-order valence-corrected chi connectivity index (χ2v) is 9.23. The van der Waals surface area contributed by atoms with E-state index in [1.807, 2.05) is 19.1 Å². The first-order chi connectivity index (χ1) is 14.3. The zero-order chi connectivity index (χ0) is 21.8. The number of fused-ring (bicyclic) bond motifs is 1. The van der Waals surface area contributed by atoms with E-state index in [0.717, 1.165) is 18.9 Å². The molecular weight excluding hydrogens is 610 g/mol. The molecule has 0 saturated carbocycles. The number of amides is 1. The molecule has 8 heteroatoms. The summed E-state index contributed by atoms with van der Waals surface area (Å²) in [6.45, 7) is 2.64. The van der Waals surface area contributed by atoms with E-state index in [2.05, 4.69) is 45.2 Å². The smallest absolute Gasteiger partial charge is 0.217 e. The molecule has 0 aliphatic heterocycles. The summed E-state index contributed by atoms with van der Waals surface area (Å²) in [7, 11) is 0. The number of aryl methyl sites for hydroxylation is 1. The second-order valence-electron chi connectivity index (χ2n) is 6.91. The van der Waals surface area contributed by atoms with E-state index in [0.29, 0.717) is 53.4 Å². The van der Waals surface area contributed by atoms with Crippen LogP contribution in [0, 0.1) is 7.14 Å². The van der Waals surface area contributed by atoms with Crippen molar-refractivity contribution in [1.82, 2.24) is 0 Å². The molecule has 2 aromatic carbocycles. The number of carbonyl (C=O) groups excluding carboxylic acids is 2. The van der Waals surface area contributed by atoms with Crippen molar-refractivity contribution in [2.75, 3.05) is 12.3 Å². The number of hydrogen-bond donors (Lipinski definition) is 2. The first-order valence-corrected chi connectivity index (χ1v) is 11.7. The van der Waals surface area contributed by atoms with Crippen LogP contribution in [0.15, 0.2) is 34.7 Å². The van der Waals surface area contributed by atoms with E-state index < -0.39 is 0 Å². The van der Waals surface area contributed by atoms with E-state index in [-0.39, 0.29) is 18.1 Å².